The first-order valence-electron chi connectivity index (χ1n) is 8.54. The Hall–Kier alpha value is -3.93. The topological polar surface area (TPSA) is 68.8 Å². The SMILES string of the molecule is c1cc(Nc2nccc(-c3ccco3)n2)cc(-n2ncc3ccccc32)c1. The molecule has 0 bridgehead atoms. The van der Waals surface area contributed by atoms with Gasteiger partial charge in [-0.2, -0.15) is 5.10 Å². The first-order valence-corrected chi connectivity index (χ1v) is 8.54. The van der Waals surface area contributed by atoms with Crippen LogP contribution < -0.4 is 5.32 Å². The first-order chi connectivity index (χ1) is 13.4. The quantitative estimate of drug-likeness (QED) is 0.502. The van der Waals surface area contributed by atoms with Crippen LogP contribution in [0.15, 0.2) is 89.8 Å². The van der Waals surface area contributed by atoms with E-state index in [1.165, 1.54) is 0 Å². The van der Waals surface area contributed by atoms with E-state index >= 15 is 0 Å². The lowest BCUT2D eigenvalue weighted by Gasteiger charge is -2.09. The maximum Gasteiger partial charge on any atom is 0.227 e. The predicted octanol–water partition coefficient (Wildman–Crippen LogP) is 4.82. The predicted molar refractivity (Wildman–Crippen MR) is 104 cm³/mol. The molecule has 0 atom stereocenters. The Bertz CT molecular complexity index is 1210. The van der Waals surface area contributed by atoms with Crippen LogP contribution in [0.4, 0.5) is 11.6 Å². The summed E-state index contributed by atoms with van der Waals surface area (Å²) in [5, 5.41) is 8.86. The van der Waals surface area contributed by atoms with Crippen LogP contribution in [0.3, 0.4) is 0 Å². The van der Waals surface area contributed by atoms with Crippen molar-refractivity contribution in [2.45, 2.75) is 0 Å². The molecule has 6 nitrogen and oxygen atoms in total. The summed E-state index contributed by atoms with van der Waals surface area (Å²) in [5.41, 5.74) is 3.63. The lowest BCUT2D eigenvalue weighted by molar-refractivity contribution is 0.580. The molecule has 0 spiro atoms. The fourth-order valence-corrected chi connectivity index (χ4v) is 3.00. The number of hydrogen-bond donors (Lipinski definition) is 1. The number of anilines is 2. The Balaban J connectivity index is 1.47. The van der Waals surface area contributed by atoms with Gasteiger partial charge in [-0.15, -0.1) is 0 Å². The maximum atomic E-state index is 5.40. The van der Waals surface area contributed by atoms with Crippen molar-refractivity contribution in [2.24, 2.45) is 0 Å². The standard InChI is InChI=1S/C21H15N5O/c1-2-8-19-15(5-1)14-23-26(19)17-7-3-6-16(13-17)24-21-22-11-10-18(25-21)20-9-4-12-27-20/h1-14H,(H,22,24,25). The van der Waals surface area contributed by atoms with Crippen LogP contribution in [0.2, 0.25) is 0 Å². The Labute approximate surface area is 155 Å². The van der Waals surface area contributed by atoms with Gasteiger partial charge in [-0.1, -0.05) is 24.3 Å². The summed E-state index contributed by atoms with van der Waals surface area (Å²) in [6.45, 7) is 0. The number of hydrogen-bond acceptors (Lipinski definition) is 5. The van der Waals surface area contributed by atoms with Gasteiger partial charge in [-0.25, -0.2) is 14.6 Å². The molecule has 5 rings (SSSR count). The number of nitrogens with zero attached hydrogens (tertiary/aromatic N) is 4. The molecule has 0 aliphatic heterocycles. The van der Waals surface area contributed by atoms with E-state index in [1.54, 1.807) is 12.5 Å². The monoisotopic (exact) mass is 353 g/mol. The van der Waals surface area contributed by atoms with Gasteiger partial charge in [0, 0.05) is 17.3 Å². The summed E-state index contributed by atoms with van der Waals surface area (Å²) in [7, 11) is 0. The fourth-order valence-electron chi connectivity index (χ4n) is 3.00. The van der Waals surface area contributed by atoms with Crippen molar-refractivity contribution in [1.82, 2.24) is 19.7 Å². The summed E-state index contributed by atoms with van der Waals surface area (Å²) in [6, 6.07) is 21.6. The number of furan rings is 1. The highest BCUT2D eigenvalue weighted by Crippen LogP contribution is 2.23. The van der Waals surface area contributed by atoms with E-state index < -0.39 is 0 Å². The lowest BCUT2D eigenvalue weighted by atomic mass is 10.2. The summed E-state index contributed by atoms with van der Waals surface area (Å²) in [4.78, 5) is 8.82. The third kappa shape index (κ3) is 2.93. The van der Waals surface area contributed by atoms with Gasteiger partial charge in [-0.05, 0) is 42.5 Å². The largest absolute Gasteiger partial charge is 0.463 e. The zero-order chi connectivity index (χ0) is 18.1. The van der Waals surface area contributed by atoms with E-state index in [9.17, 15) is 0 Å². The zero-order valence-electron chi connectivity index (χ0n) is 14.3. The summed E-state index contributed by atoms with van der Waals surface area (Å²) >= 11 is 0. The second-order valence-electron chi connectivity index (χ2n) is 6.03. The maximum absolute atomic E-state index is 5.40. The number of benzene rings is 2. The van der Waals surface area contributed by atoms with Gasteiger partial charge < -0.3 is 9.73 Å². The number of fused-ring (bicyclic) bond motifs is 1. The Morgan fingerprint density at radius 2 is 1.89 bits per heavy atom. The molecule has 0 saturated heterocycles. The molecule has 3 aromatic heterocycles. The van der Waals surface area contributed by atoms with Crippen LogP contribution in [0.1, 0.15) is 0 Å². The van der Waals surface area contributed by atoms with Crippen molar-refractivity contribution in [3.05, 3.63) is 85.4 Å². The van der Waals surface area contributed by atoms with Gasteiger partial charge in [0.15, 0.2) is 5.76 Å². The van der Waals surface area contributed by atoms with Crippen LogP contribution in [0, 0.1) is 0 Å². The minimum Gasteiger partial charge on any atom is -0.463 e. The molecular formula is C21H15N5O. The number of rotatable bonds is 4. The first kappa shape index (κ1) is 15.3. The minimum absolute atomic E-state index is 0.506. The third-order valence-corrected chi connectivity index (χ3v) is 4.25. The summed E-state index contributed by atoms with van der Waals surface area (Å²) in [6.07, 6.45) is 5.20. The van der Waals surface area contributed by atoms with E-state index in [0.29, 0.717) is 11.7 Å². The highest BCUT2D eigenvalue weighted by molar-refractivity contribution is 5.80. The molecular weight excluding hydrogens is 338 g/mol. The third-order valence-electron chi connectivity index (χ3n) is 4.25. The molecule has 1 N–H and O–H groups in total. The van der Waals surface area contributed by atoms with Gasteiger partial charge in [0.05, 0.1) is 23.7 Å². The number of aromatic nitrogens is 4. The second-order valence-corrected chi connectivity index (χ2v) is 6.03. The molecule has 2 aromatic carbocycles. The van der Waals surface area contributed by atoms with Gasteiger partial charge in [-0.3, -0.25) is 0 Å². The highest BCUT2D eigenvalue weighted by Gasteiger charge is 2.07. The molecule has 130 valence electrons. The molecule has 0 aliphatic carbocycles. The highest BCUT2D eigenvalue weighted by atomic mass is 16.3. The zero-order valence-corrected chi connectivity index (χ0v) is 14.3. The molecule has 6 heteroatoms. The average molecular weight is 353 g/mol. The van der Waals surface area contributed by atoms with Gasteiger partial charge in [0.25, 0.3) is 0 Å². The average Bonchev–Trinajstić information content (AvgIpc) is 3.39. The van der Waals surface area contributed by atoms with E-state index in [2.05, 4.69) is 32.5 Å². The van der Waals surface area contributed by atoms with Crippen LogP contribution in [-0.4, -0.2) is 19.7 Å². The summed E-state index contributed by atoms with van der Waals surface area (Å²) in [5.74, 6) is 1.21. The molecule has 0 saturated carbocycles. The Morgan fingerprint density at radius 1 is 0.926 bits per heavy atom. The van der Waals surface area contributed by atoms with Crippen molar-refractivity contribution in [2.75, 3.05) is 5.32 Å². The van der Waals surface area contributed by atoms with E-state index in [-0.39, 0.29) is 0 Å². The lowest BCUT2D eigenvalue weighted by Crippen LogP contribution is -2.00. The number of para-hydroxylation sites is 1. The molecule has 5 aromatic rings. The van der Waals surface area contributed by atoms with E-state index in [0.717, 1.165) is 28.0 Å². The molecule has 27 heavy (non-hydrogen) atoms. The molecule has 0 amide bonds. The Kier molecular flexibility index (Phi) is 3.65. The van der Waals surface area contributed by atoms with Crippen molar-refractivity contribution in [1.29, 1.82) is 0 Å². The molecule has 0 fully saturated rings. The fraction of sp³-hybridized carbons (Fsp3) is 0. The Morgan fingerprint density at radius 3 is 2.81 bits per heavy atom. The van der Waals surface area contributed by atoms with Crippen molar-refractivity contribution < 1.29 is 4.42 Å². The molecule has 3 heterocycles. The van der Waals surface area contributed by atoms with Crippen molar-refractivity contribution >= 4 is 22.5 Å². The van der Waals surface area contributed by atoms with Gasteiger partial charge >= 0.3 is 0 Å². The van der Waals surface area contributed by atoms with Crippen molar-refractivity contribution in [3.63, 3.8) is 0 Å². The molecule has 0 radical (unpaired) electrons. The molecule has 0 unspecified atom stereocenters. The van der Waals surface area contributed by atoms with Crippen LogP contribution in [0.5, 0.6) is 0 Å². The summed E-state index contributed by atoms with van der Waals surface area (Å²) < 4.78 is 7.32. The van der Waals surface area contributed by atoms with E-state index in [4.69, 9.17) is 4.42 Å². The number of nitrogens with one attached hydrogen (secondary N) is 1. The second kappa shape index (κ2) is 6.42. The van der Waals surface area contributed by atoms with Crippen LogP contribution in [0.25, 0.3) is 28.0 Å². The smallest absolute Gasteiger partial charge is 0.227 e. The minimum atomic E-state index is 0.506. The van der Waals surface area contributed by atoms with Crippen molar-refractivity contribution in [3.8, 4) is 17.1 Å². The van der Waals surface area contributed by atoms with E-state index in [1.807, 2.05) is 65.5 Å². The molecule has 0 aliphatic rings. The van der Waals surface area contributed by atoms with Crippen LogP contribution in [-0.2, 0) is 0 Å². The van der Waals surface area contributed by atoms with Gasteiger partial charge in [0.2, 0.25) is 5.95 Å². The van der Waals surface area contributed by atoms with Gasteiger partial charge in [0.1, 0.15) is 5.69 Å². The normalized spacial score (nSPS) is 11.0. The van der Waals surface area contributed by atoms with Crippen LogP contribution >= 0.6 is 0 Å².